The Morgan fingerprint density at radius 3 is 1.18 bits per heavy atom. The van der Waals surface area contributed by atoms with Crippen LogP contribution in [0.5, 0.6) is 0 Å². The molecule has 0 bridgehead atoms. The third-order valence-corrected chi connectivity index (χ3v) is 11.7. The number of carbonyl (C=O) groups excluding carboxylic acids is 3. The molecule has 0 spiro atoms. The molecule has 2 unspecified atom stereocenters. The number of rotatable bonds is 51. The van der Waals surface area contributed by atoms with E-state index < -0.39 is 24.3 Å². The monoisotopic (exact) mass is 1020 g/mol. The number of quaternary nitrogens is 1. The van der Waals surface area contributed by atoms with Gasteiger partial charge in [0, 0.05) is 12.8 Å². The zero-order chi connectivity index (χ0) is 53.4. The van der Waals surface area contributed by atoms with E-state index in [-0.39, 0.29) is 38.6 Å². The Labute approximate surface area is 447 Å². The average Bonchev–Trinajstić information content (AvgIpc) is 3.36. The summed E-state index contributed by atoms with van der Waals surface area (Å²) in [6.45, 7) is 4.55. The van der Waals surface area contributed by atoms with Crippen LogP contribution in [0.25, 0.3) is 0 Å². The van der Waals surface area contributed by atoms with Crippen molar-refractivity contribution in [1.29, 1.82) is 0 Å². The van der Waals surface area contributed by atoms with Crippen molar-refractivity contribution in [2.75, 3.05) is 47.5 Å². The van der Waals surface area contributed by atoms with E-state index in [1.807, 2.05) is 21.1 Å². The number of unbranched alkanes of at least 4 members (excludes halogenated alkanes) is 16. The summed E-state index contributed by atoms with van der Waals surface area (Å²) in [5.74, 6) is -2.35. The first-order valence-electron chi connectivity index (χ1n) is 28.7. The predicted molar refractivity (Wildman–Crippen MR) is 306 cm³/mol. The Balaban J connectivity index is 4.40. The highest BCUT2D eigenvalue weighted by molar-refractivity contribution is 5.70. The number of ether oxygens (including phenoxy) is 4. The number of esters is 2. The smallest absolute Gasteiger partial charge is 0.306 e. The van der Waals surface area contributed by atoms with Crippen LogP contribution >= 0.6 is 0 Å². The van der Waals surface area contributed by atoms with Gasteiger partial charge in [0.25, 0.3) is 0 Å². The molecule has 0 N–H and O–H groups in total. The summed E-state index contributed by atoms with van der Waals surface area (Å²) in [4.78, 5) is 37.3. The van der Waals surface area contributed by atoms with Gasteiger partial charge in [0.05, 0.1) is 40.3 Å². The Hall–Kier alpha value is -4.31. The molecule has 2 atom stereocenters. The van der Waals surface area contributed by atoms with Crippen LogP contribution in [-0.2, 0) is 33.3 Å². The number of carboxylic acid groups (broad SMARTS) is 1. The maximum atomic E-state index is 12.9. The van der Waals surface area contributed by atoms with E-state index in [2.05, 4.69) is 135 Å². The number of hydrogen-bond acceptors (Lipinski definition) is 8. The maximum absolute atomic E-state index is 12.9. The van der Waals surface area contributed by atoms with Crippen LogP contribution in [0.3, 0.4) is 0 Å². The molecule has 0 aromatic heterocycles. The Kier molecular flexibility index (Phi) is 50.8. The Morgan fingerprint density at radius 1 is 0.425 bits per heavy atom. The standard InChI is InChI=1S/C64H105NO8/c1-6-8-10-12-14-16-18-20-22-24-26-28-30-31-33-35-37-39-41-43-45-47-49-51-53-55-62(67)73-60(59-72-64(63(68)69)70-57-56-65(3,4)5)58-71-61(66)54-52-50-48-46-44-42-40-38-36-34-32-29-27-25-23-21-19-17-15-13-11-9-7-2/h8,10,14,16,19-22,25-28,31-34,37,39,43,45,60,64H,6-7,9,11-13,15,17-18,23-24,29-30,35-36,38,40-42,44,46-59H2,1-5H3/b10-8-,16-14-,21-19-,22-20-,27-25-,28-26-,33-31-,34-32-,39-37-,45-43-. The van der Waals surface area contributed by atoms with Crippen molar-refractivity contribution >= 4 is 17.9 Å². The third-order valence-electron chi connectivity index (χ3n) is 11.7. The fourth-order valence-electron chi connectivity index (χ4n) is 7.29. The van der Waals surface area contributed by atoms with Gasteiger partial charge in [-0.1, -0.05) is 206 Å². The van der Waals surface area contributed by atoms with Gasteiger partial charge in [0.1, 0.15) is 13.2 Å². The van der Waals surface area contributed by atoms with Gasteiger partial charge in [0.15, 0.2) is 12.4 Å². The fourth-order valence-corrected chi connectivity index (χ4v) is 7.29. The molecular formula is C64H105NO8. The van der Waals surface area contributed by atoms with Gasteiger partial charge in [-0.15, -0.1) is 0 Å². The largest absolute Gasteiger partial charge is 0.545 e. The lowest BCUT2D eigenvalue weighted by molar-refractivity contribution is -0.870. The van der Waals surface area contributed by atoms with Crippen LogP contribution in [0.1, 0.15) is 206 Å². The lowest BCUT2D eigenvalue weighted by atomic mass is 10.1. The van der Waals surface area contributed by atoms with E-state index in [4.69, 9.17) is 18.9 Å². The van der Waals surface area contributed by atoms with Crippen molar-refractivity contribution in [2.45, 2.75) is 219 Å². The minimum atomic E-state index is -1.64. The summed E-state index contributed by atoms with van der Waals surface area (Å²) in [6.07, 6.45) is 72.4. The molecule has 0 saturated heterocycles. The minimum Gasteiger partial charge on any atom is -0.545 e. The average molecular weight is 1020 g/mol. The quantitative estimate of drug-likeness (QED) is 0.0195. The molecule has 0 aliphatic heterocycles. The summed E-state index contributed by atoms with van der Waals surface area (Å²) in [6, 6.07) is 0. The van der Waals surface area contributed by atoms with Gasteiger partial charge in [-0.25, -0.2) is 0 Å². The van der Waals surface area contributed by atoms with Gasteiger partial charge < -0.3 is 33.3 Å². The molecule has 0 heterocycles. The first kappa shape index (κ1) is 68.7. The molecule has 0 saturated carbocycles. The number of carboxylic acids is 1. The minimum absolute atomic E-state index is 0.132. The number of aliphatic carboxylic acids is 1. The normalized spacial score (nSPS) is 13.7. The van der Waals surface area contributed by atoms with Crippen LogP contribution in [0.2, 0.25) is 0 Å². The van der Waals surface area contributed by atoms with E-state index >= 15 is 0 Å². The van der Waals surface area contributed by atoms with Gasteiger partial charge in [-0.2, -0.15) is 0 Å². The maximum Gasteiger partial charge on any atom is 0.306 e. The second-order valence-corrected chi connectivity index (χ2v) is 19.8. The first-order valence-corrected chi connectivity index (χ1v) is 28.7. The summed E-state index contributed by atoms with van der Waals surface area (Å²) >= 11 is 0. The van der Waals surface area contributed by atoms with Crippen LogP contribution < -0.4 is 5.11 Å². The van der Waals surface area contributed by atoms with Crippen molar-refractivity contribution in [1.82, 2.24) is 0 Å². The SMILES string of the molecule is CC/C=C\C/C=C\C/C=C\C/C=C\C/C=C\C/C=C\C/C=C\CCCCCC(=O)OC(COC(=O)CCCCCCCCCC/C=C\C/C=C\C/C=C\CCCCCCC)COC(OCC[N+](C)(C)C)C(=O)[O-]. The number of nitrogens with zero attached hydrogens (tertiary/aromatic N) is 1. The van der Waals surface area contributed by atoms with E-state index in [1.165, 1.54) is 64.2 Å². The predicted octanol–water partition coefficient (Wildman–Crippen LogP) is 15.6. The van der Waals surface area contributed by atoms with E-state index in [0.29, 0.717) is 17.4 Å². The van der Waals surface area contributed by atoms with Crippen molar-refractivity contribution in [2.24, 2.45) is 0 Å². The first-order chi connectivity index (χ1) is 35.6. The second kappa shape index (κ2) is 54.0. The summed E-state index contributed by atoms with van der Waals surface area (Å²) in [5, 5.41) is 11.8. The van der Waals surface area contributed by atoms with Crippen molar-refractivity contribution < 1.29 is 42.9 Å². The van der Waals surface area contributed by atoms with Crippen molar-refractivity contribution in [3.05, 3.63) is 122 Å². The molecule has 73 heavy (non-hydrogen) atoms. The zero-order valence-electron chi connectivity index (χ0n) is 47.0. The Bertz CT molecular complexity index is 1610. The summed E-state index contributed by atoms with van der Waals surface area (Å²) in [5.41, 5.74) is 0. The highest BCUT2D eigenvalue weighted by atomic mass is 16.7. The summed E-state index contributed by atoms with van der Waals surface area (Å²) in [7, 11) is 5.89. The van der Waals surface area contributed by atoms with E-state index in [9.17, 15) is 19.5 Å². The lowest BCUT2D eigenvalue weighted by Gasteiger charge is -2.26. The molecule has 414 valence electrons. The molecule has 0 radical (unpaired) electrons. The van der Waals surface area contributed by atoms with Crippen LogP contribution in [-0.4, -0.2) is 82.3 Å². The molecule has 0 aliphatic rings. The van der Waals surface area contributed by atoms with E-state index in [1.54, 1.807) is 0 Å². The molecule has 9 nitrogen and oxygen atoms in total. The molecule has 0 aromatic carbocycles. The molecular weight excluding hydrogens is 911 g/mol. The second-order valence-electron chi connectivity index (χ2n) is 19.8. The topological polar surface area (TPSA) is 111 Å². The summed E-state index contributed by atoms with van der Waals surface area (Å²) < 4.78 is 22.6. The lowest BCUT2D eigenvalue weighted by Crippen LogP contribution is -2.44. The van der Waals surface area contributed by atoms with Crippen LogP contribution in [0.4, 0.5) is 0 Å². The molecule has 9 heteroatoms. The van der Waals surface area contributed by atoms with Crippen LogP contribution in [0, 0.1) is 0 Å². The molecule has 0 aromatic rings. The fraction of sp³-hybridized carbons (Fsp3) is 0.641. The van der Waals surface area contributed by atoms with Crippen LogP contribution in [0.15, 0.2) is 122 Å². The van der Waals surface area contributed by atoms with Gasteiger partial charge in [0.2, 0.25) is 0 Å². The molecule has 0 fully saturated rings. The highest BCUT2D eigenvalue weighted by Gasteiger charge is 2.22. The van der Waals surface area contributed by atoms with E-state index in [0.717, 1.165) is 109 Å². The molecule has 0 amide bonds. The number of carbonyl (C=O) groups is 3. The number of allylic oxidation sites excluding steroid dienone is 20. The Morgan fingerprint density at radius 2 is 0.781 bits per heavy atom. The van der Waals surface area contributed by atoms with Gasteiger partial charge >= 0.3 is 11.9 Å². The number of likely N-dealkylation sites (N-methyl/N-ethyl adjacent to an activating group) is 1. The molecule has 0 aliphatic carbocycles. The van der Waals surface area contributed by atoms with Crippen molar-refractivity contribution in [3.8, 4) is 0 Å². The third kappa shape index (κ3) is 55.3. The van der Waals surface area contributed by atoms with Gasteiger partial charge in [-0.05, 0) is 109 Å². The van der Waals surface area contributed by atoms with Crippen molar-refractivity contribution in [3.63, 3.8) is 0 Å². The molecule has 0 rings (SSSR count). The number of hydrogen-bond donors (Lipinski definition) is 0. The highest BCUT2D eigenvalue weighted by Crippen LogP contribution is 2.13. The zero-order valence-corrected chi connectivity index (χ0v) is 47.0. The van der Waals surface area contributed by atoms with Gasteiger partial charge in [-0.3, -0.25) is 9.59 Å².